The normalized spacial score (nSPS) is 8.93. The summed E-state index contributed by atoms with van der Waals surface area (Å²) in [6.45, 7) is 1.99. The van der Waals surface area contributed by atoms with E-state index in [1.54, 1.807) is 0 Å². The third-order valence-corrected chi connectivity index (χ3v) is 1.83. The zero-order valence-corrected chi connectivity index (χ0v) is 8.08. The molecule has 0 saturated heterocycles. The molecule has 0 bridgehead atoms. The number of hydrogen-bond acceptors (Lipinski definition) is 1. The zero-order chi connectivity index (χ0) is 10.4. The number of hydrogen-bond donors (Lipinski definition) is 1. The van der Waals surface area contributed by atoms with Gasteiger partial charge in [-0.1, -0.05) is 30.0 Å². The molecule has 0 aliphatic rings. The lowest BCUT2D eigenvalue weighted by atomic mass is 10.1. The Hall–Kier alpha value is -1.75. The van der Waals surface area contributed by atoms with E-state index < -0.39 is 5.97 Å². The molecule has 14 heavy (non-hydrogen) atoms. The van der Waals surface area contributed by atoms with Gasteiger partial charge in [-0.15, -0.1) is 0 Å². The molecule has 1 aromatic rings. The first-order chi connectivity index (χ1) is 6.70. The lowest BCUT2D eigenvalue weighted by Crippen LogP contribution is -1.91. The van der Waals surface area contributed by atoms with Crippen LogP contribution in [-0.2, 0) is 4.79 Å². The topological polar surface area (TPSA) is 37.3 Å². The number of carboxylic acids is 1. The first kappa shape index (κ1) is 10.3. The Morgan fingerprint density at radius 2 is 2.14 bits per heavy atom. The van der Waals surface area contributed by atoms with Gasteiger partial charge in [0.1, 0.15) is 0 Å². The van der Waals surface area contributed by atoms with Gasteiger partial charge in [0.15, 0.2) is 0 Å². The van der Waals surface area contributed by atoms with E-state index in [9.17, 15) is 4.79 Å². The summed E-state index contributed by atoms with van der Waals surface area (Å²) in [5.74, 6) is 5.00. The highest BCUT2D eigenvalue weighted by molar-refractivity contribution is 5.67. The largest absolute Gasteiger partial charge is 0.481 e. The summed E-state index contributed by atoms with van der Waals surface area (Å²) in [7, 11) is 0. The van der Waals surface area contributed by atoms with E-state index in [2.05, 4.69) is 11.8 Å². The highest BCUT2D eigenvalue weighted by atomic mass is 16.4. The molecule has 2 heteroatoms. The van der Waals surface area contributed by atoms with E-state index in [4.69, 9.17) is 5.11 Å². The number of aryl methyl sites for hydroxylation is 1. The number of benzene rings is 1. The molecular weight excluding hydrogens is 176 g/mol. The van der Waals surface area contributed by atoms with Crippen molar-refractivity contribution in [2.24, 2.45) is 0 Å². The second-order valence-electron chi connectivity index (χ2n) is 3.01. The second kappa shape index (κ2) is 5.08. The van der Waals surface area contributed by atoms with E-state index in [1.165, 1.54) is 0 Å². The van der Waals surface area contributed by atoms with Crippen molar-refractivity contribution in [2.75, 3.05) is 0 Å². The molecule has 2 nitrogen and oxygen atoms in total. The van der Waals surface area contributed by atoms with Crippen LogP contribution in [0.1, 0.15) is 24.0 Å². The molecule has 0 radical (unpaired) electrons. The standard InChI is InChI=1S/C12H12O2/c1-10-6-2-3-7-11(10)8-4-5-9-12(13)14/h2-3,6-7H,5,9H2,1H3,(H,13,14). The van der Waals surface area contributed by atoms with Crippen molar-refractivity contribution in [1.82, 2.24) is 0 Å². The van der Waals surface area contributed by atoms with Crippen molar-refractivity contribution < 1.29 is 9.90 Å². The SMILES string of the molecule is Cc1ccccc1C#CCCC(=O)O. The molecule has 1 aromatic carbocycles. The summed E-state index contributed by atoms with van der Waals surface area (Å²) in [6.07, 6.45) is 0.516. The molecule has 0 spiro atoms. The third-order valence-electron chi connectivity index (χ3n) is 1.83. The molecule has 1 rings (SSSR count). The first-order valence-electron chi connectivity index (χ1n) is 4.46. The highest BCUT2D eigenvalue weighted by Gasteiger charge is 1.93. The third kappa shape index (κ3) is 3.32. The Bertz CT molecular complexity index is 383. The van der Waals surface area contributed by atoms with Gasteiger partial charge >= 0.3 is 5.97 Å². The van der Waals surface area contributed by atoms with Crippen LogP contribution in [-0.4, -0.2) is 11.1 Å². The quantitative estimate of drug-likeness (QED) is 0.722. The fraction of sp³-hybridized carbons (Fsp3) is 0.250. The summed E-state index contributed by atoms with van der Waals surface area (Å²) >= 11 is 0. The molecule has 0 unspecified atom stereocenters. The van der Waals surface area contributed by atoms with Crippen LogP contribution in [0.2, 0.25) is 0 Å². The van der Waals surface area contributed by atoms with Gasteiger partial charge in [0.2, 0.25) is 0 Å². The van der Waals surface area contributed by atoms with Crippen LogP contribution in [0.15, 0.2) is 24.3 Å². The molecular formula is C12H12O2. The van der Waals surface area contributed by atoms with Crippen molar-refractivity contribution in [2.45, 2.75) is 19.8 Å². The maximum absolute atomic E-state index is 10.2. The summed E-state index contributed by atoms with van der Waals surface area (Å²) in [6, 6.07) is 7.80. The average Bonchev–Trinajstić information content (AvgIpc) is 2.15. The minimum absolute atomic E-state index is 0.110. The first-order valence-corrected chi connectivity index (χ1v) is 4.46. The van der Waals surface area contributed by atoms with Gasteiger partial charge in [0.25, 0.3) is 0 Å². The van der Waals surface area contributed by atoms with Crippen molar-refractivity contribution in [3.8, 4) is 11.8 Å². The lowest BCUT2D eigenvalue weighted by molar-refractivity contribution is -0.136. The van der Waals surface area contributed by atoms with Crippen LogP contribution in [0.3, 0.4) is 0 Å². The van der Waals surface area contributed by atoms with Crippen LogP contribution < -0.4 is 0 Å². The van der Waals surface area contributed by atoms with Crippen LogP contribution in [0.25, 0.3) is 0 Å². The van der Waals surface area contributed by atoms with Crippen molar-refractivity contribution >= 4 is 5.97 Å². The van der Waals surface area contributed by atoms with Gasteiger partial charge in [-0.2, -0.15) is 0 Å². The van der Waals surface area contributed by atoms with E-state index >= 15 is 0 Å². The Morgan fingerprint density at radius 3 is 2.79 bits per heavy atom. The minimum atomic E-state index is -0.802. The molecule has 0 aromatic heterocycles. The number of carboxylic acid groups (broad SMARTS) is 1. The van der Waals surface area contributed by atoms with Crippen molar-refractivity contribution in [3.63, 3.8) is 0 Å². The van der Waals surface area contributed by atoms with Crippen LogP contribution in [0.4, 0.5) is 0 Å². The van der Waals surface area contributed by atoms with Crippen LogP contribution in [0.5, 0.6) is 0 Å². The van der Waals surface area contributed by atoms with E-state index in [-0.39, 0.29) is 6.42 Å². The van der Waals surface area contributed by atoms with Gasteiger partial charge in [-0.3, -0.25) is 4.79 Å². The summed E-state index contributed by atoms with van der Waals surface area (Å²) in [5, 5.41) is 8.40. The van der Waals surface area contributed by atoms with Gasteiger partial charge in [0, 0.05) is 12.0 Å². The molecule has 1 N–H and O–H groups in total. The smallest absolute Gasteiger partial charge is 0.304 e. The molecule has 0 heterocycles. The monoisotopic (exact) mass is 188 g/mol. The molecule has 0 amide bonds. The van der Waals surface area contributed by atoms with Crippen molar-refractivity contribution in [1.29, 1.82) is 0 Å². The fourth-order valence-corrected chi connectivity index (χ4v) is 1.04. The Balaban J connectivity index is 2.59. The zero-order valence-electron chi connectivity index (χ0n) is 8.08. The number of carbonyl (C=O) groups is 1. The highest BCUT2D eigenvalue weighted by Crippen LogP contribution is 2.04. The van der Waals surface area contributed by atoms with Crippen LogP contribution in [0, 0.1) is 18.8 Å². The lowest BCUT2D eigenvalue weighted by Gasteiger charge is -1.94. The maximum Gasteiger partial charge on any atom is 0.304 e. The van der Waals surface area contributed by atoms with E-state index in [0.717, 1.165) is 11.1 Å². The predicted octanol–water partition coefficient (Wildman–Crippen LogP) is 2.21. The Morgan fingerprint density at radius 1 is 1.43 bits per heavy atom. The van der Waals surface area contributed by atoms with E-state index in [0.29, 0.717) is 6.42 Å². The molecule has 0 atom stereocenters. The predicted molar refractivity (Wildman–Crippen MR) is 54.9 cm³/mol. The molecule has 0 saturated carbocycles. The summed E-state index contributed by atoms with van der Waals surface area (Å²) < 4.78 is 0. The second-order valence-corrected chi connectivity index (χ2v) is 3.01. The fourth-order valence-electron chi connectivity index (χ4n) is 1.04. The van der Waals surface area contributed by atoms with Gasteiger partial charge in [0.05, 0.1) is 6.42 Å². The van der Waals surface area contributed by atoms with E-state index in [1.807, 2.05) is 31.2 Å². The van der Waals surface area contributed by atoms with Gasteiger partial charge in [-0.25, -0.2) is 0 Å². The van der Waals surface area contributed by atoms with Gasteiger partial charge in [-0.05, 0) is 18.6 Å². The molecule has 0 fully saturated rings. The Labute approximate surface area is 83.6 Å². The average molecular weight is 188 g/mol. The minimum Gasteiger partial charge on any atom is -0.481 e. The number of rotatable bonds is 2. The summed E-state index contributed by atoms with van der Waals surface area (Å²) in [5.41, 5.74) is 2.09. The molecule has 0 aliphatic carbocycles. The molecule has 0 aliphatic heterocycles. The van der Waals surface area contributed by atoms with Crippen LogP contribution >= 0.6 is 0 Å². The van der Waals surface area contributed by atoms with Gasteiger partial charge < -0.3 is 5.11 Å². The summed E-state index contributed by atoms with van der Waals surface area (Å²) in [4.78, 5) is 10.2. The van der Waals surface area contributed by atoms with Crippen molar-refractivity contribution in [3.05, 3.63) is 35.4 Å². The Kier molecular flexibility index (Phi) is 3.75. The molecule has 72 valence electrons. The maximum atomic E-state index is 10.2. The number of aliphatic carboxylic acids is 1.